The molecule has 0 saturated carbocycles. The van der Waals surface area contributed by atoms with Crippen LogP contribution in [0.15, 0.2) is 41.5 Å². The molecule has 1 aromatic carbocycles. The summed E-state index contributed by atoms with van der Waals surface area (Å²) in [5.74, 6) is 0.340. The maximum Gasteiger partial charge on any atom is 0.294 e. The molecule has 78 valence electrons. The summed E-state index contributed by atoms with van der Waals surface area (Å²) in [6.45, 7) is 0. The van der Waals surface area contributed by atoms with Crippen molar-refractivity contribution in [1.82, 2.24) is 25.0 Å². The number of hydrogen-bond acceptors (Lipinski definition) is 4. The molecule has 3 rings (SSSR count). The molecule has 2 heterocycles. The molecule has 2 aliphatic rings. The molecular weight excluding hydrogens is 206 g/mol. The van der Waals surface area contributed by atoms with Gasteiger partial charge in [0.05, 0.1) is 5.69 Å². The number of imidazole rings is 1. The van der Waals surface area contributed by atoms with Gasteiger partial charge < -0.3 is 0 Å². The highest BCUT2D eigenvalue weighted by Crippen LogP contribution is 2.08. The minimum Gasteiger partial charge on any atom is -0.265 e. The van der Waals surface area contributed by atoms with Gasteiger partial charge in [-0.05, 0) is 12.1 Å². The van der Waals surface area contributed by atoms with E-state index in [2.05, 4.69) is 20.2 Å². The van der Waals surface area contributed by atoms with Gasteiger partial charge in [-0.25, -0.2) is 15.1 Å². The van der Waals surface area contributed by atoms with Gasteiger partial charge in [-0.3, -0.25) is 4.79 Å². The van der Waals surface area contributed by atoms with Crippen LogP contribution in [0.4, 0.5) is 0 Å². The van der Waals surface area contributed by atoms with Crippen molar-refractivity contribution >= 4 is 0 Å². The molecule has 0 bridgehead atoms. The van der Waals surface area contributed by atoms with Crippen LogP contribution in [0.25, 0.3) is 17.2 Å². The first-order valence-electron chi connectivity index (χ1n) is 4.70. The smallest absolute Gasteiger partial charge is 0.265 e. The number of aromatic amines is 1. The van der Waals surface area contributed by atoms with E-state index >= 15 is 0 Å². The van der Waals surface area contributed by atoms with E-state index in [1.165, 1.54) is 11.1 Å². The van der Waals surface area contributed by atoms with Crippen molar-refractivity contribution in [3.8, 4) is 17.2 Å². The normalized spacial score (nSPS) is 10.8. The van der Waals surface area contributed by atoms with Crippen molar-refractivity contribution in [3.05, 3.63) is 47.0 Å². The molecule has 6 heteroatoms. The molecule has 0 aromatic heterocycles. The second kappa shape index (κ2) is 3.27. The van der Waals surface area contributed by atoms with Gasteiger partial charge in [0, 0.05) is 0 Å². The van der Waals surface area contributed by atoms with E-state index in [1.54, 1.807) is 0 Å². The highest BCUT2D eigenvalue weighted by molar-refractivity contribution is 5.47. The van der Waals surface area contributed by atoms with Crippen molar-refractivity contribution in [2.45, 2.75) is 0 Å². The SMILES string of the molecule is O=c1[nH]n(-c2ccccc2)nc2ncnc1-2. The molecule has 0 amide bonds. The van der Waals surface area contributed by atoms with E-state index in [9.17, 15) is 4.79 Å². The Morgan fingerprint density at radius 1 is 1.12 bits per heavy atom. The summed E-state index contributed by atoms with van der Waals surface area (Å²) in [6, 6.07) is 9.30. The molecule has 2 aliphatic heterocycles. The maximum atomic E-state index is 11.6. The van der Waals surface area contributed by atoms with Crippen LogP contribution in [0.5, 0.6) is 0 Å². The van der Waals surface area contributed by atoms with Gasteiger partial charge in [0.25, 0.3) is 5.56 Å². The summed E-state index contributed by atoms with van der Waals surface area (Å²) in [7, 11) is 0. The average molecular weight is 213 g/mol. The summed E-state index contributed by atoms with van der Waals surface area (Å²) in [5, 5.41) is 6.75. The van der Waals surface area contributed by atoms with E-state index < -0.39 is 0 Å². The average Bonchev–Trinajstić information content (AvgIpc) is 2.79. The van der Waals surface area contributed by atoms with Crippen molar-refractivity contribution < 1.29 is 0 Å². The van der Waals surface area contributed by atoms with Gasteiger partial charge in [-0.2, -0.15) is 4.80 Å². The first kappa shape index (κ1) is 8.78. The summed E-state index contributed by atoms with van der Waals surface area (Å²) in [6.07, 6.45) is 1.32. The lowest BCUT2D eigenvalue weighted by molar-refractivity contribution is 0.684. The van der Waals surface area contributed by atoms with Crippen LogP contribution in [-0.2, 0) is 0 Å². The number of H-pyrrole nitrogens is 1. The Labute approximate surface area is 89.9 Å². The Bertz CT molecular complexity index is 642. The summed E-state index contributed by atoms with van der Waals surface area (Å²) in [5.41, 5.74) is 0.725. The minimum atomic E-state index is -0.300. The molecular formula is C10H7N5O. The van der Waals surface area contributed by atoms with Crippen LogP contribution in [0.2, 0.25) is 0 Å². The number of hydrogen-bond donors (Lipinski definition) is 1. The number of aromatic nitrogens is 5. The summed E-state index contributed by atoms with van der Waals surface area (Å²) in [4.78, 5) is 20.7. The van der Waals surface area contributed by atoms with E-state index in [1.807, 2.05) is 30.3 Å². The zero-order valence-electron chi connectivity index (χ0n) is 8.16. The highest BCUT2D eigenvalue weighted by atomic mass is 16.1. The Balaban J connectivity index is 2.27. The van der Waals surface area contributed by atoms with E-state index in [0.717, 1.165) is 5.69 Å². The fourth-order valence-electron chi connectivity index (χ4n) is 1.45. The Kier molecular flexibility index (Phi) is 1.79. The fraction of sp³-hybridized carbons (Fsp3) is 0. The van der Waals surface area contributed by atoms with Gasteiger partial charge in [-0.15, -0.1) is 5.10 Å². The minimum absolute atomic E-state index is 0.257. The molecule has 0 saturated heterocycles. The van der Waals surface area contributed by atoms with Crippen molar-refractivity contribution in [1.29, 1.82) is 0 Å². The molecule has 16 heavy (non-hydrogen) atoms. The fourth-order valence-corrected chi connectivity index (χ4v) is 1.45. The lowest BCUT2D eigenvalue weighted by Gasteiger charge is -2.05. The second-order valence-corrected chi connectivity index (χ2v) is 3.23. The standard InChI is InChI=1S/C10H7N5O/c16-10-8-9(12-6-11-8)13-15(14-10)7-4-2-1-3-5-7/h1-6H,(H,14,16). The van der Waals surface area contributed by atoms with E-state index in [-0.39, 0.29) is 11.3 Å². The van der Waals surface area contributed by atoms with E-state index in [4.69, 9.17) is 0 Å². The molecule has 0 spiro atoms. The molecule has 0 atom stereocenters. The highest BCUT2D eigenvalue weighted by Gasteiger charge is 2.13. The number of fused-ring (bicyclic) bond motifs is 1. The monoisotopic (exact) mass is 213 g/mol. The third-order valence-corrected chi connectivity index (χ3v) is 2.20. The third-order valence-electron chi connectivity index (χ3n) is 2.20. The molecule has 0 unspecified atom stereocenters. The van der Waals surface area contributed by atoms with Gasteiger partial charge in [0.15, 0.2) is 5.69 Å². The van der Waals surface area contributed by atoms with Crippen LogP contribution in [-0.4, -0.2) is 25.0 Å². The molecule has 0 radical (unpaired) electrons. The molecule has 1 N–H and O–H groups in total. The number of para-hydroxylation sites is 1. The lowest BCUT2D eigenvalue weighted by Crippen LogP contribution is -2.21. The zero-order chi connectivity index (χ0) is 11.0. The second-order valence-electron chi connectivity index (χ2n) is 3.23. The van der Waals surface area contributed by atoms with Crippen molar-refractivity contribution in [2.75, 3.05) is 0 Å². The number of nitrogens with zero attached hydrogens (tertiary/aromatic N) is 4. The molecule has 0 fully saturated rings. The topological polar surface area (TPSA) is 76.5 Å². The van der Waals surface area contributed by atoms with Gasteiger partial charge in [0.2, 0.25) is 5.82 Å². The molecule has 1 aromatic rings. The Morgan fingerprint density at radius 3 is 2.75 bits per heavy atom. The third kappa shape index (κ3) is 1.28. The predicted octanol–water partition coefficient (Wildman–Crippen LogP) is 0.455. The number of nitrogens with one attached hydrogen (secondary N) is 1. The van der Waals surface area contributed by atoms with Crippen LogP contribution in [0.3, 0.4) is 0 Å². The number of benzene rings is 1. The van der Waals surface area contributed by atoms with Crippen LogP contribution in [0.1, 0.15) is 0 Å². The van der Waals surface area contributed by atoms with Crippen LogP contribution in [0, 0.1) is 0 Å². The predicted molar refractivity (Wildman–Crippen MR) is 56.4 cm³/mol. The van der Waals surface area contributed by atoms with E-state index in [0.29, 0.717) is 5.82 Å². The Morgan fingerprint density at radius 2 is 1.94 bits per heavy atom. The quantitative estimate of drug-likeness (QED) is 0.637. The first-order chi connectivity index (χ1) is 7.84. The Hall–Kier alpha value is -2.50. The van der Waals surface area contributed by atoms with Crippen LogP contribution < -0.4 is 5.56 Å². The molecule has 0 aliphatic carbocycles. The summed E-state index contributed by atoms with van der Waals surface area (Å²) < 4.78 is 0. The van der Waals surface area contributed by atoms with Gasteiger partial charge in [-0.1, -0.05) is 18.2 Å². The first-order valence-corrected chi connectivity index (χ1v) is 4.70. The van der Waals surface area contributed by atoms with Crippen molar-refractivity contribution in [3.63, 3.8) is 0 Å². The number of rotatable bonds is 1. The maximum absolute atomic E-state index is 11.6. The van der Waals surface area contributed by atoms with Crippen molar-refractivity contribution in [2.24, 2.45) is 0 Å². The zero-order valence-corrected chi connectivity index (χ0v) is 8.16. The van der Waals surface area contributed by atoms with Gasteiger partial charge >= 0.3 is 0 Å². The molecule has 6 nitrogen and oxygen atoms in total. The van der Waals surface area contributed by atoms with Gasteiger partial charge in [0.1, 0.15) is 6.33 Å². The lowest BCUT2D eigenvalue weighted by atomic mass is 10.3. The largest absolute Gasteiger partial charge is 0.294 e. The summed E-state index contributed by atoms with van der Waals surface area (Å²) >= 11 is 0. The van der Waals surface area contributed by atoms with Crippen LogP contribution >= 0.6 is 0 Å².